The molecule has 4 unspecified atom stereocenters. The Hall–Kier alpha value is -0.440. The minimum Gasteiger partial charge on any atom is -0.394 e. The van der Waals surface area contributed by atoms with Gasteiger partial charge < -0.3 is 25.5 Å². The molecule has 7 heteroatoms. The summed E-state index contributed by atoms with van der Waals surface area (Å²) in [5.74, 6) is -1.62. The van der Waals surface area contributed by atoms with E-state index in [-0.39, 0.29) is 4.86 Å². The lowest BCUT2D eigenvalue weighted by molar-refractivity contribution is -0.179. The Kier molecular flexibility index (Phi) is 6.48. The van der Waals surface area contributed by atoms with E-state index in [1.807, 2.05) is 0 Å². The molecule has 0 radical (unpaired) electrons. The minimum absolute atomic E-state index is 0.143. The van der Waals surface area contributed by atoms with Crippen LogP contribution in [0.3, 0.4) is 0 Å². The number of hydrogen-bond donors (Lipinski definition) is 5. The van der Waals surface area contributed by atoms with Gasteiger partial charge in [0, 0.05) is 0 Å². The lowest BCUT2D eigenvalue weighted by Crippen LogP contribution is -2.62. The molecule has 0 rings (SSSR count). The molecular weight excluding hydrogens is 260 g/mol. The molecule has 0 aromatic carbocycles. The predicted octanol–water partition coefficient (Wildman–Crippen LogP) is -1.59. The predicted molar refractivity (Wildman–Crippen MR) is 68.2 cm³/mol. The van der Waals surface area contributed by atoms with Crippen molar-refractivity contribution in [1.29, 1.82) is 0 Å². The molecule has 18 heavy (non-hydrogen) atoms. The van der Waals surface area contributed by atoms with Gasteiger partial charge in [-0.2, -0.15) is 0 Å². The normalized spacial score (nSPS) is 20.1. The van der Waals surface area contributed by atoms with E-state index in [0.717, 1.165) is 0 Å². The van der Waals surface area contributed by atoms with Crippen molar-refractivity contribution in [1.82, 2.24) is 0 Å². The summed E-state index contributed by atoms with van der Waals surface area (Å²) < 4.78 is 0. The van der Waals surface area contributed by atoms with Gasteiger partial charge in [-0.3, -0.25) is 4.79 Å². The van der Waals surface area contributed by atoms with E-state index in [2.05, 4.69) is 12.2 Å². The maximum atomic E-state index is 11.9. The Labute approximate surface area is 111 Å². The number of rotatable bonds is 7. The third kappa shape index (κ3) is 3.31. The first kappa shape index (κ1) is 17.6. The van der Waals surface area contributed by atoms with Crippen LogP contribution in [0.4, 0.5) is 0 Å². The molecular formula is C11H20O6S. The fraction of sp³-hybridized carbons (Fsp3) is 0.818. The Bertz CT molecular complexity index is 319. The van der Waals surface area contributed by atoms with Gasteiger partial charge in [-0.05, 0) is 12.8 Å². The van der Waals surface area contributed by atoms with E-state index < -0.39 is 42.2 Å². The van der Waals surface area contributed by atoms with Crippen molar-refractivity contribution in [3.05, 3.63) is 0 Å². The SMILES string of the molecule is CC(=S)C(=O)C(O)(C(C)C)C(O)C(O)C(O)CO. The van der Waals surface area contributed by atoms with Crippen molar-refractivity contribution in [2.45, 2.75) is 44.7 Å². The van der Waals surface area contributed by atoms with Gasteiger partial charge in [-0.1, -0.05) is 26.1 Å². The number of hydrogen-bond acceptors (Lipinski definition) is 7. The first-order valence-corrected chi connectivity index (χ1v) is 5.94. The van der Waals surface area contributed by atoms with Crippen LogP contribution in [0, 0.1) is 5.92 Å². The second kappa shape index (κ2) is 6.65. The summed E-state index contributed by atoms with van der Waals surface area (Å²) in [5, 5.41) is 47.7. The topological polar surface area (TPSA) is 118 Å². The Morgan fingerprint density at radius 1 is 1.28 bits per heavy atom. The van der Waals surface area contributed by atoms with Gasteiger partial charge in [0.1, 0.15) is 18.3 Å². The second-order valence-electron chi connectivity index (χ2n) is 4.55. The Balaban J connectivity index is 5.36. The number of aliphatic hydroxyl groups excluding tert-OH is 4. The Morgan fingerprint density at radius 3 is 2.00 bits per heavy atom. The van der Waals surface area contributed by atoms with Crippen LogP contribution in [0.15, 0.2) is 0 Å². The van der Waals surface area contributed by atoms with Crippen molar-refractivity contribution >= 4 is 22.9 Å². The van der Waals surface area contributed by atoms with Crippen molar-refractivity contribution in [2.75, 3.05) is 6.61 Å². The number of carbonyl (C=O) groups excluding carboxylic acids is 1. The molecule has 0 heterocycles. The molecule has 0 aliphatic carbocycles. The highest BCUT2D eigenvalue weighted by Crippen LogP contribution is 2.26. The van der Waals surface area contributed by atoms with Gasteiger partial charge >= 0.3 is 0 Å². The quantitative estimate of drug-likeness (QED) is 0.357. The van der Waals surface area contributed by atoms with Crippen LogP contribution in [-0.2, 0) is 4.79 Å². The molecule has 0 aromatic rings. The lowest BCUT2D eigenvalue weighted by Gasteiger charge is -2.38. The largest absolute Gasteiger partial charge is 0.394 e. The number of ketones is 1. The van der Waals surface area contributed by atoms with Crippen LogP contribution in [0.1, 0.15) is 20.8 Å². The Morgan fingerprint density at radius 2 is 1.72 bits per heavy atom. The van der Waals surface area contributed by atoms with Crippen LogP contribution in [-0.4, -0.2) is 66.7 Å². The number of aliphatic hydroxyl groups is 5. The summed E-state index contributed by atoms with van der Waals surface area (Å²) in [6.45, 7) is 3.43. The molecule has 0 aliphatic heterocycles. The first-order valence-electron chi connectivity index (χ1n) is 5.53. The van der Waals surface area contributed by atoms with Gasteiger partial charge in [0.25, 0.3) is 0 Å². The van der Waals surface area contributed by atoms with Crippen LogP contribution >= 0.6 is 12.2 Å². The number of carbonyl (C=O) groups is 1. The highest BCUT2D eigenvalue weighted by atomic mass is 32.1. The van der Waals surface area contributed by atoms with Crippen LogP contribution in [0.5, 0.6) is 0 Å². The monoisotopic (exact) mass is 280 g/mol. The first-order chi connectivity index (χ1) is 8.10. The molecule has 6 nitrogen and oxygen atoms in total. The van der Waals surface area contributed by atoms with E-state index in [1.165, 1.54) is 20.8 Å². The summed E-state index contributed by atoms with van der Waals surface area (Å²) in [6, 6.07) is 0. The highest BCUT2D eigenvalue weighted by Gasteiger charge is 2.50. The summed E-state index contributed by atoms with van der Waals surface area (Å²) in [4.78, 5) is 11.7. The van der Waals surface area contributed by atoms with Crippen molar-refractivity contribution < 1.29 is 30.3 Å². The van der Waals surface area contributed by atoms with Crippen LogP contribution in [0.25, 0.3) is 0 Å². The standard InChI is InChI=1S/C11H20O6S/c1-5(2)11(17,9(15)6(3)18)10(16)8(14)7(13)4-12/h5,7-8,10,12-14,16-17H,4H2,1-3H3. The summed E-state index contributed by atoms with van der Waals surface area (Å²) in [6.07, 6.45) is -5.48. The molecule has 4 atom stereocenters. The molecule has 0 fully saturated rings. The number of thiocarbonyl (C=S) groups is 1. The highest BCUT2D eigenvalue weighted by molar-refractivity contribution is 7.82. The van der Waals surface area contributed by atoms with Crippen molar-refractivity contribution in [2.24, 2.45) is 5.92 Å². The van der Waals surface area contributed by atoms with Gasteiger partial charge in [0.15, 0.2) is 5.60 Å². The third-order valence-corrected chi connectivity index (χ3v) is 3.10. The molecule has 0 spiro atoms. The van der Waals surface area contributed by atoms with Crippen molar-refractivity contribution in [3.63, 3.8) is 0 Å². The van der Waals surface area contributed by atoms with E-state index in [9.17, 15) is 25.2 Å². The number of Topliss-reactive ketones (excluding diaryl/α,β-unsaturated/α-hetero) is 1. The van der Waals surface area contributed by atoms with E-state index >= 15 is 0 Å². The fourth-order valence-electron chi connectivity index (χ4n) is 1.60. The second-order valence-corrected chi connectivity index (χ2v) is 5.16. The summed E-state index contributed by atoms with van der Waals surface area (Å²) in [7, 11) is 0. The van der Waals surface area contributed by atoms with Gasteiger partial charge in [0.05, 0.1) is 11.5 Å². The van der Waals surface area contributed by atoms with E-state index in [1.54, 1.807) is 0 Å². The van der Waals surface area contributed by atoms with E-state index in [4.69, 9.17) is 5.11 Å². The van der Waals surface area contributed by atoms with Crippen LogP contribution in [0.2, 0.25) is 0 Å². The molecule has 0 saturated heterocycles. The molecule has 5 N–H and O–H groups in total. The average molecular weight is 280 g/mol. The van der Waals surface area contributed by atoms with E-state index in [0.29, 0.717) is 0 Å². The van der Waals surface area contributed by atoms with Crippen LogP contribution < -0.4 is 0 Å². The van der Waals surface area contributed by atoms with Gasteiger partial charge in [-0.15, -0.1) is 0 Å². The zero-order valence-electron chi connectivity index (χ0n) is 10.6. The van der Waals surface area contributed by atoms with Gasteiger partial charge in [0.2, 0.25) is 5.78 Å². The average Bonchev–Trinajstić information content (AvgIpc) is 2.33. The smallest absolute Gasteiger partial charge is 0.203 e. The molecule has 0 saturated carbocycles. The maximum Gasteiger partial charge on any atom is 0.203 e. The molecule has 0 bridgehead atoms. The third-order valence-electron chi connectivity index (χ3n) is 2.92. The molecule has 106 valence electrons. The zero-order chi connectivity index (χ0) is 14.7. The molecule has 0 amide bonds. The minimum atomic E-state index is -2.30. The zero-order valence-corrected chi connectivity index (χ0v) is 11.4. The summed E-state index contributed by atoms with van der Waals surface area (Å²) in [5.41, 5.74) is -2.30. The maximum absolute atomic E-state index is 11.9. The lowest BCUT2D eigenvalue weighted by atomic mass is 9.77. The van der Waals surface area contributed by atoms with Crippen molar-refractivity contribution in [3.8, 4) is 0 Å². The molecule has 0 aliphatic rings. The summed E-state index contributed by atoms with van der Waals surface area (Å²) >= 11 is 4.67. The molecule has 0 aromatic heterocycles. The van der Waals surface area contributed by atoms with Gasteiger partial charge in [-0.25, -0.2) is 0 Å². The fourth-order valence-corrected chi connectivity index (χ4v) is 1.76.